The average Bonchev–Trinajstić information content (AvgIpc) is 2.83. The van der Waals surface area contributed by atoms with Crippen molar-refractivity contribution in [1.29, 1.82) is 0 Å². The topological polar surface area (TPSA) is 53.1 Å². The highest BCUT2D eigenvalue weighted by molar-refractivity contribution is 9.10. The third kappa shape index (κ3) is 3.37. The molecule has 2 N–H and O–H groups in total. The van der Waals surface area contributed by atoms with Gasteiger partial charge >= 0.3 is 0 Å². The minimum absolute atomic E-state index is 0.186. The summed E-state index contributed by atoms with van der Waals surface area (Å²) in [5.41, 5.74) is 6.93. The van der Waals surface area contributed by atoms with Crippen LogP contribution in [0.3, 0.4) is 0 Å². The van der Waals surface area contributed by atoms with Crippen molar-refractivity contribution in [3.8, 4) is 5.75 Å². The maximum Gasteiger partial charge on any atom is 0.166 e. The molecule has 6 heteroatoms. The molecule has 0 aliphatic rings. The zero-order valence-corrected chi connectivity index (χ0v) is 13.0. The first kappa shape index (κ1) is 15.0. The van der Waals surface area contributed by atoms with Crippen LogP contribution in [-0.4, -0.2) is 15.8 Å². The van der Waals surface area contributed by atoms with Gasteiger partial charge in [0.05, 0.1) is 6.20 Å². The molecular weight excluding hydrogens is 325 g/mol. The highest BCUT2D eigenvalue weighted by Crippen LogP contribution is 2.28. The minimum Gasteiger partial charge on any atom is -0.481 e. The van der Waals surface area contributed by atoms with Gasteiger partial charge in [0, 0.05) is 29.3 Å². The molecule has 2 unspecified atom stereocenters. The molecular formula is C14H17BrFN3O. The molecule has 4 nitrogen and oxygen atoms in total. The molecule has 0 spiro atoms. The Hall–Kier alpha value is -1.40. The zero-order valence-electron chi connectivity index (χ0n) is 11.4. The average molecular weight is 342 g/mol. The molecule has 108 valence electrons. The van der Waals surface area contributed by atoms with E-state index in [0.29, 0.717) is 4.47 Å². The number of ether oxygens (including phenoxy) is 1. The standard InChI is InChI=1S/C14H17BrFN3O/c1-3-12(17)14(9-7-18-19(2)8-9)20-13-5-4-10(15)6-11(13)16/h4-8,12,14H,3,17H2,1-2H3. The molecule has 2 atom stereocenters. The molecule has 2 aromatic rings. The molecule has 0 bridgehead atoms. The second kappa shape index (κ2) is 6.37. The van der Waals surface area contributed by atoms with Gasteiger partial charge in [0.1, 0.15) is 6.10 Å². The van der Waals surface area contributed by atoms with Gasteiger partial charge in [-0.25, -0.2) is 4.39 Å². The highest BCUT2D eigenvalue weighted by atomic mass is 79.9. The Labute approximate surface area is 125 Å². The third-order valence-corrected chi connectivity index (χ3v) is 3.55. The minimum atomic E-state index is -0.427. The summed E-state index contributed by atoms with van der Waals surface area (Å²) in [6, 6.07) is 4.45. The van der Waals surface area contributed by atoms with E-state index in [1.165, 1.54) is 6.07 Å². The van der Waals surface area contributed by atoms with Crippen LogP contribution < -0.4 is 10.5 Å². The normalized spacial score (nSPS) is 14.1. The third-order valence-electron chi connectivity index (χ3n) is 3.06. The number of hydrogen-bond donors (Lipinski definition) is 1. The van der Waals surface area contributed by atoms with Crippen LogP contribution in [0.2, 0.25) is 0 Å². The molecule has 0 saturated carbocycles. The van der Waals surface area contributed by atoms with Crippen molar-refractivity contribution in [2.45, 2.75) is 25.5 Å². The molecule has 1 heterocycles. The van der Waals surface area contributed by atoms with Gasteiger partial charge in [-0.15, -0.1) is 0 Å². The largest absolute Gasteiger partial charge is 0.481 e. The number of aromatic nitrogens is 2. The summed E-state index contributed by atoms with van der Waals surface area (Å²) in [6.45, 7) is 1.97. The van der Waals surface area contributed by atoms with E-state index < -0.39 is 11.9 Å². The Morgan fingerprint density at radius 3 is 2.80 bits per heavy atom. The Balaban J connectivity index is 2.28. The number of nitrogens with zero attached hydrogens (tertiary/aromatic N) is 2. The van der Waals surface area contributed by atoms with Crippen molar-refractivity contribution in [3.63, 3.8) is 0 Å². The summed E-state index contributed by atoms with van der Waals surface area (Å²) in [5, 5.41) is 4.11. The van der Waals surface area contributed by atoms with Crippen molar-refractivity contribution in [1.82, 2.24) is 9.78 Å². The summed E-state index contributed by atoms with van der Waals surface area (Å²) in [6.07, 6.45) is 3.82. The Morgan fingerprint density at radius 2 is 2.25 bits per heavy atom. The summed E-state index contributed by atoms with van der Waals surface area (Å²) >= 11 is 3.22. The molecule has 1 aromatic heterocycles. The Morgan fingerprint density at radius 1 is 1.50 bits per heavy atom. The predicted octanol–water partition coefficient (Wildman–Crippen LogP) is 3.18. The first-order valence-corrected chi connectivity index (χ1v) is 7.16. The SMILES string of the molecule is CCC(N)C(Oc1ccc(Br)cc1F)c1cnn(C)c1. The van der Waals surface area contributed by atoms with Crippen LogP contribution in [0, 0.1) is 5.82 Å². The van der Waals surface area contributed by atoms with Crippen LogP contribution >= 0.6 is 15.9 Å². The fraction of sp³-hybridized carbons (Fsp3) is 0.357. The van der Waals surface area contributed by atoms with E-state index in [1.807, 2.05) is 20.2 Å². The lowest BCUT2D eigenvalue weighted by molar-refractivity contribution is 0.163. The zero-order chi connectivity index (χ0) is 14.7. The number of nitrogens with two attached hydrogens (primary N) is 1. The number of halogens is 2. The fourth-order valence-corrected chi connectivity index (χ4v) is 2.24. The summed E-state index contributed by atoms with van der Waals surface area (Å²) in [7, 11) is 1.82. The van der Waals surface area contributed by atoms with E-state index in [0.717, 1.165) is 12.0 Å². The second-order valence-electron chi connectivity index (χ2n) is 4.63. The molecule has 0 amide bonds. The van der Waals surface area contributed by atoms with Gasteiger partial charge in [-0.1, -0.05) is 22.9 Å². The monoisotopic (exact) mass is 341 g/mol. The van der Waals surface area contributed by atoms with Crippen LogP contribution in [0.25, 0.3) is 0 Å². The van der Waals surface area contributed by atoms with Gasteiger partial charge in [-0.05, 0) is 24.6 Å². The lowest BCUT2D eigenvalue weighted by Gasteiger charge is -2.23. The molecule has 1 aromatic carbocycles. The smallest absolute Gasteiger partial charge is 0.166 e. The van der Waals surface area contributed by atoms with E-state index >= 15 is 0 Å². The molecule has 20 heavy (non-hydrogen) atoms. The van der Waals surface area contributed by atoms with Crippen LogP contribution in [-0.2, 0) is 7.05 Å². The summed E-state index contributed by atoms with van der Waals surface area (Å²) in [4.78, 5) is 0. The Kier molecular flexibility index (Phi) is 4.77. The molecule has 0 fully saturated rings. The van der Waals surface area contributed by atoms with Crippen LogP contribution in [0.5, 0.6) is 5.75 Å². The quantitative estimate of drug-likeness (QED) is 0.908. The van der Waals surface area contributed by atoms with Crippen molar-refractivity contribution < 1.29 is 9.13 Å². The van der Waals surface area contributed by atoms with Crippen LogP contribution in [0.15, 0.2) is 35.1 Å². The van der Waals surface area contributed by atoms with Crippen molar-refractivity contribution in [3.05, 3.63) is 46.4 Å². The maximum atomic E-state index is 13.9. The summed E-state index contributed by atoms with van der Waals surface area (Å²) in [5.74, 6) is -0.234. The van der Waals surface area contributed by atoms with E-state index in [-0.39, 0.29) is 11.8 Å². The van der Waals surface area contributed by atoms with E-state index in [4.69, 9.17) is 10.5 Å². The van der Waals surface area contributed by atoms with Gasteiger partial charge in [-0.2, -0.15) is 5.10 Å². The van der Waals surface area contributed by atoms with Gasteiger partial charge in [0.15, 0.2) is 11.6 Å². The predicted molar refractivity (Wildman–Crippen MR) is 78.9 cm³/mol. The molecule has 2 rings (SSSR count). The highest BCUT2D eigenvalue weighted by Gasteiger charge is 2.23. The van der Waals surface area contributed by atoms with Gasteiger partial charge in [0.25, 0.3) is 0 Å². The van der Waals surface area contributed by atoms with Crippen LogP contribution in [0.1, 0.15) is 25.0 Å². The molecule has 0 saturated heterocycles. The first-order chi connectivity index (χ1) is 9.51. The van der Waals surface area contributed by atoms with Crippen LogP contribution in [0.4, 0.5) is 4.39 Å². The van der Waals surface area contributed by atoms with Crippen molar-refractivity contribution >= 4 is 15.9 Å². The van der Waals surface area contributed by atoms with Gasteiger partial charge < -0.3 is 10.5 Å². The van der Waals surface area contributed by atoms with E-state index in [1.54, 1.807) is 23.0 Å². The molecule has 0 aliphatic carbocycles. The van der Waals surface area contributed by atoms with Crippen molar-refractivity contribution in [2.24, 2.45) is 12.8 Å². The summed E-state index contributed by atoms with van der Waals surface area (Å²) < 4.78 is 22.0. The number of aryl methyl sites for hydroxylation is 1. The number of hydrogen-bond acceptors (Lipinski definition) is 3. The fourth-order valence-electron chi connectivity index (χ4n) is 1.91. The lowest BCUT2D eigenvalue weighted by Crippen LogP contribution is -2.31. The molecule has 0 aliphatic heterocycles. The molecule has 0 radical (unpaired) electrons. The van der Waals surface area contributed by atoms with Gasteiger partial charge in [-0.3, -0.25) is 4.68 Å². The Bertz CT molecular complexity index is 588. The number of rotatable bonds is 5. The lowest BCUT2D eigenvalue weighted by atomic mass is 10.0. The maximum absolute atomic E-state index is 13.9. The first-order valence-electron chi connectivity index (χ1n) is 6.37. The van der Waals surface area contributed by atoms with E-state index in [9.17, 15) is 4.39 Å². The van der Waals surface area contributed by atoms with E-state index in [2.05, 4.69) is 21.0 Å². The second-order valence-corrected chi connectivity index (χ2v) is 5.55. The number of benzene rings is 1. The van der Waals surface area contributed by atoms with Gasteiger partial charge in [0.2, 0.25) is 0 Å². The van der Waals surface area contributed by atoms with Crippen molar-refractivity contribution in [2.75, 3.05) is 0 Å².